The Balaban J connectivity index is 3.60. The predicted octanol–water partition coefficient (Wildman–Crippen LogP) is 2.82. The van der Waals surface area contributed by atoms with Gasteiger partial charge in [-0.15, -0.1) is 0 Å². The molecular formula is C16H37N3. The average molecular weight is 271 g/mol. The minimum atomic E-state index is 0.665. The molecule has 0 bridgehead atoms. The fraction of sp³-hybridized carbons (Fsp3) is 1.00. The van der Waals surface area contributed by atoms with Crippen molar-refractivity contribution < 1.29 is 0 Å². The van der Waals surface area contributed by atoms with Crippen molar-refractivity contribution in [2.24, 2.45) is 0 Å². The molecule has 3 heteroatoms. The number of unbranched alkanes of at least 4 members (excludes halogenated alkanes) is 1. The number of rotatable bonds is 13. The van der Waals surface area contributed by atoms with Crippen LogP contribution in [0.5, 0.6) is 0 Å². The van der Waals surface area contributed by atoms with E-state index in [1.807, 2.05) is 0 Å². The third-order valence-electron chi connectivity index (χ3n) is 4.14. The first kappa shape index (κ1) is 18.9. The molecule has 0 rings (SSSR count). The van der Waals surface area contributed by atoms with Crippen molar-refractivity contribution in [1.29, 1.82) is 0 Å². The van der Waals surface area contributed by atoms with Gasteiger partial charge < -0.3 is 15.1 Å². The standard InChI is InChI=1S/C16H37N3/c1-6-18(7-2)14-11-15-19(8-3)13-10-9-12-16(4)17-5/h16-17H,6-15H2,1-5H3. The van der Waals surface area contributed by atoms with Crippen LogP contribution in [0.3, 0.4) is 0 Å². The molecule has 0 aromatic carbocycles. The van der Waals surface area contributed by atoms with Crippen molar-refractivity contribution in [2.75, 3.05) is 46.3 Å². The molecule has 0 aromatic rings. The van der Waals surface area contributed by atoms with Crippen LogP contribution in [-0.2, 0) is 0 Å². The van der Waals surface area contributed by atoms with E-state index in [-0.39, 0.29) is 0 Å². The molecule has 0 radical (unpaired) electrons. The van der Waals surface area contributed by atoms with Crippen molar-refractivity contribution in [1.82, 2.24) is 15.1 Å². The summed E-state index contributed by atoms with van der Waals surface area (Å²) in [6, 6.07) is 0.665. The lowest BCUT2D eigenvalue weighted by Crippen LogP contribution is -2.30. The molecule has 0 heterocycles. The summed E-state index contributed by atoms with van der Waals surface area (Å²) in [5, 5.41) is 3.31. The molecule has 1 N–H and O–H groups in total. The van der Waals surface area contributed by atoms with Gasteiger partial charge in [-0.3, -0.25) is 0 Å². The van der Waals surface area contributed by atoms with Crippen LogP contribution in [0.25, 0.3) is 0 Å². The first-order valence-electron chi connectivity index (χ1n) is 8.29. The van der Waals surface area contributed by atoms with E-state index >= 15 is 0 Å². The van der Waals surface area contributed by atoms with Gasteiger partial charge in [0.05, 0.1) is 0 Å². The molecule has 0 aliphatic carbocycles. The molecule has 0 aliphatic rings. The summed E-state index contributed by atoms with van der Waals surface area (Å²) in [6.45, 7) is 16.4. The molecule has 0 saturated heterocycles. The number of hydrogen-bond acceptors (Lipinski definition) is 3. The third kappa shape index (κ3) is 10.3. The van der Waals surface area contributed by atoms with Crippen LogP contribution >= 0.6 is 0 Å². The summed E-state index contributed by atoms with van der Waals surface area (Å²) in [7, 11) is 2.05. The molecule has 0 saturated carbocycles. The van der Waals surface area contributed by atoms with E-state index in [9.17, 15) is 0 Å². The van der Waals surface area contributed by atoms with E-state index in [0.717, 1.165) is 0 Å². The number of nitrogens with zero attached hydrogens (tertiary/aromatic N) is 2. The van der Waals surface area contributed by atoms with Gasteiger partial charge in [0, 0.05) is 6.04 Å². The zero-order chi connectivity index (χ0) is 14.5. The van der Waals surface area contributed by atoms with E-state index < -0.39 is 0 Å². The van der Waals surface area contributed by atoms with Crippen molar-refractivity contribution in [3.05, 3.63) is 0 Å². The highest BCUT2D eigenvalue weighted by Gasteiger charge is 2.05. The zero-order valence-corrected chi connectivity index (χ0v) is 14.0. The number of nitrogens with one attached hydrogen (secondary N) is 1. The van der Waals surface area contributed by atoms with Crippen LogP contribution in [0.1, 0.15) is 53.4 Å². The minimum Gasteiger partial charge on any atom is -0.317 e. The SMILES string of the molecule is CCN(CC)CCCN(CC)CCCCC(C)NC. The summed E-state index contributed by atoms with van der Waals surface area (Å²) < 4.78 is 0. The van der Waals surface area contributed by atoms with Gasteiger partial charge in [-0.1, -0.05) is 27.2 Å². The highest BCUT2D eigenvalue weighted by atomic mass is 15.1. The van der Waals surface area contributed by atoms with Gasteiger partial charge >= 0.3 is 0 Å². The van der Waals surface area contributed by atoms with E-state index in [1.54, 1.807) is 0 Å². The lowest BCUT2D eigenvalue weighted by atomic mass is 10.1. The van der Waals surface area contributed by atoms with Crippen LogP contribution in [0.2, 0.25) is 0 Å². The lowest BCUT2D eigenvalue weighted by molar-refractivity contribution is 0.239. The molecule has 0 aliphatic heterocycles. The Morgan fingerprint density at radius 1 is 0.789 bits per heavy atom. The Labute approximate surface area is 121 Å². The molecule has 19 heavy (non-hydrogen) atoms. The predicted molar refractivity (Wildman–Crippen MR) is 86.9 cm³/mol. The van der Waals surface area contributed by atoms with Gasteiger partial charge in [-0.25, -0.2) is 0 Å². The summed E-state index contributed by atoms with van der Waals surface area (Å²) in [5.74, 6) is 0. The van der Waals surface area contributed by atoms with Crippen LogP contribution in [0.15, 0.2) is 0 Å². The first-order chi connectivity index (χ1) is 9.17. The molecule has 116 valence electrons. The Morgan fingerprint density at radius 3 is 1.84 bits per heavy atom. The Kier molecular flexibility index (Phi) is 12.8. The molecule has 0 fully saturated rings. The van der Waals surface area contributed by atoms with Crippen LogP contribution < -0.4 is 5.32 Å². The highest BCUT2D eigenvalue weighted by molar-refractivity contribution is 4.62. The second-order valence-corrected chi connectivity index (χ2v) is 5.50. The molecule has 0 spiro atoms. The maximum atomic E-state index is 3.31. The third-order valence-corrected chi connectivity index (χ3v) is 4.14. The quantitative estimate of drug-likeness (QED) is 0.520. The second-order valence-electron chi connectivity index (χ2n) is 5.50. The highest BCUT2D eigenvalue weighted by Crippen LogP contribution is 2.03. The Morgan fingerprint density at radius 2 is 1.32 bits per heavy atom. The first-order valence-corrected chi connectivity index (χ1v) is 8.29. The van der Waals surface area contributed by atoms with Crippen LogP contribution in [0.4, 0.5) is 0 Å². The Bertz CT molecular complexity index is 181. The molecule has 3 nitrogen and oxygen atoms in total. The van der Waals surface area contributed by atoms with E-state index in [0.29, 0.717) is 6.04 Å². The molecule has 0 amide bonds. The van der Waals surface area contributed by atoms with Crippen molar-refractivity contribution >= 4 is 0 Å². The van der Waals surface area contributed by atoms with Gasteiger partial charge in [0.1, 0.15) is 0 Å². The van der Waals surface area contributed by atoms with Gasteiger partial charge in [-0.2, -0.15) is 0 Å². The topological polar surface area (TPSA) is 18.5 Å². The van der Waals surface area contributed by atoms with Gasteiger partial charge in [0.2, 0.25) is 0 Å². The summed E-state index contributed by atoms with van der Waals surface area (Å²) >= 11 is 0. The monoisotopic (exact) mass is 271 g/mol. The van der Waals surface area contributed by atoms with E-state index in [2.05, 4.69) is 49.9 Å². The Hall–Kier alpha value is -0.120. The normalized spacial score (nSPS) is 13.4. The fourth-order valence-electron chi connectivity index (χ4n) is 2.42. The fourth-order valence-corrected chi connectivity index (χ4v) is 2.42. The lowest BCUT2D eigenvalue weighted by Gasteiger charge is -2.23. The van der Waals surface area contributed by atoms with Crippen molar-refractivity contribution in [2.45, 2.75) is 59.4 Å². The van der Waals surface area contributed by atoms with Crippen LogP contribution in [0, 0.1) is 0 Å². The molecular weight excluding hydrogens is 234 g/mol. The summed E-state index contributed by atoms with van der Waals surface area (Å²) in [4.78, 5) is 5.12. The van der Waals surface area contributed by atoms with Gasteiger partial charge in [0.25, 0.3) is 0 Å². The molecule has 0 aromatic heterocycles. The summed E-state index contributed by atoms with van der Waals surface area (Å²) in [6.07, 6.45) is 5.29. The summed E-state index contributed by atoms with van der Waals surface area (Å²) in [5.41, 5.74) is 0. The second kappa shape index (κ2) is 12.9. The largest absolute Gasteiger partial charge is 0.317 e. The molecule has 1 unspecified atom stereocenters. The average Bonchev–Trinajstić information content (AvgIpc) is 2.45. The maximum absolute atomic E-state index is 3.31. The van der Waals surface area contributed by atoms with E-state index in [4.69, 9.17) is 0 Å². The van der Waals surface area contributed by atoms with Crippen molar-refractivity contribution in [3.8, 4) is 0 Å². The van der Waals surface area contributed by atoms with Crippen molar-refractivity contribution in [3.63, 3.8) is 0 Å². The molecule has 1 atom stereocenters. The van der Waals surface area contributed by atoms with Gasteiger partial charge in [0.15, 0.2) is 0 Å². The van der Waals surface area contributed by atoms with Gasteiger partial charge in [-0.05, 0) is 72.5 Å². The smallest absolute Gasteiger partial charge is 0.00357 e. The van der Waals surface area contributed by atoms with Crippen LogP contribution in [-0.4, -0.2) is 62.2 Å². The maximum Gasteiger partial charge on any atom is 0.00357 e. The minimum absolute atomic E-state index is 0.665. The number of hydrogen-bond donors (Lipinski definition) is 1. The van der Waals surface area contributed by atoms with E-state index in [1.165, 1.54) is 65.0 Å². The zero-order valence-electron chi connectivity index (χ0n) is 14.0.